The van der Waals surface area contributed by atoms with Crippen molar-refractivity contribution in [2.45, 2.75) is 46.2 Å². The van der Waals surface area contributed by atoms with Crippen molar-refractivity contribution >= 4 is 23.7 Å². The first kappa shape index (κ1) is 36.8. The largest absolute Gasteiger partial charge is 0.364 e. The van der Waals surface area contributed by atoms with Gasteiger partial charge in [-0.1, -0.05) is 123 Å². The Morgan fingerprint density at radius 2 is 1.14 bits per heavy atom. The molecule has 0 aliphatic heterocycles. The summed E-state index contributed by atoms with van der Waals surface area (Å²) in [5, 5.41) is 5.05. The van der Waals surface area contributed by atoms with E-state index >= 15 is 0 Å². The number of amides is 1. The van der Waals surface area contributed by atoms with E-state index in [1.54, 1.807) is 12.1 Å². The van der Waals surface area contributed by atoms with Gasteiger partial charge < -0.3 is 15.9 Å². The normalized spacial score (nSPS) is 11.0. The van der Waals surface area contributed by atoms with E-state index < -0.39 is 0 Å². The molecule has 8 heteroatoms. The lowest BCUT2D eigenvalue weighted by atomic mass is 10.1. The first-order valence-electron chi connectivity index (χ1n) is 14.1. The van der Waals surface area contributed by atoms with Gasteiger partial charge in [0.15, 0.2) is 5.34 Å². The van der Waals surface area contributed by atoms with E-state index in [-0.39, 0.29) is 23.1 Å². The maximum Gasteiger partial charge on any atom is 0.251 e. The zero-order valence-corrected chi connectivity index (χ0v) is 26.2. The number of rotatable bonds is 9. The van der Waals surface area contributed by atoms with Crippen LogP contribution in [0.1, 0.15) is 78.0 Å². The minimum absolute atomic E-state index is 0.0175. The summed E-state index contributed by atoms with van der Waals surface area (Å²) in [5.74, 6) is 0.540. The molecule has 43 heavy (non-hydrogen) atoms. The van der Waals surface area contributed by atoms with E-state index in [4.69, 9.17) is 5.73 Å². The summed E-state index contributed by atoms with van der Waals surface area (Å²) in [6, 6.07) is 38.4. The average Bonchev–Trinajstić information content (AvgIpc) is 3.03. The second-order valence-corrected chi connectivity index (χ2v) is 10.3. The predicted octanol–water partition coefficient (Wildman–Crippen LogP) is 8.37. The van der Waals surface area contributed by atoms with Crippen LogP contribution in [0.4, 0.5) is 0 Å². The third-order valence-corrected chi connectivity index (χ3v) is 6.13. The quantitative estimate of drug-likeness (QED) is 0.0772. The molecule has 2 unspecified atom stereocenters. The number of hydrogen-bond donors (Lipinski definition) is 3. The summed E-state index contributed by atoms with van der Waals surface area (Å²) >= 11 is 3.65. The van der Waals surface area contributed by atoms with E-state index in [1.807, 2.05) is 123 Å². The molecular weight excluding hydrogens is 558 g/mol. The Balaban J connectivity index is 0.000000306. The fourth-order valence-corrected chi connectivity index (χ4v) is 3.51. The molecule has 0 spiro atoms. The lowest BCUT2D eigenvalue weighted by Crippen LogP contribution is -2.26. The second-order valence-electron chi connectivity index (χ2n) is 9.93. The molecule has 4 aromatic carbocycles. The van der Waals surface area contributed by atoms with Crippen LogP contribution in [0.2, 0.25) is 0 Å². The zero-order chi connectivity index (χ0) is 31.9. The summed E-state index contributed by atoms with van der Waals surface area (Å²) in [4.78, 5) is 36.0. The highest BCUT2D eigenvalue weighted by atomic mass is 32.1. The molecule has 0 saturated carbocycles. The Hall–Kier alpha value is -4.27. The van der Waals surface area contributed by atoms with Crippen molar-refractivity contribution in [2.24, 2.45) is 17.0 Å². The molecule has 228 valence electrons. The molecule has 4 aromatic rings. The van der Waals surface area contributed by atoms with Gasteiger partial charge in [0, 0.05) is 17.2 Å². The van der Waals surface area contributed by atoms with Crippen LogP contribution in [0.25, 0.3) is 0 Å². The SMILES string of the molecule is CC(C)CCON=O.CC(N)c1ccccc1.CC(NC(=O)c1ccccc1)c1ccccc1.O=C(S)c1ccccc1. The van der Waals surface area contributed by atoms with Crippen LogP contribution in [0.15, 0.2) is 127 Å². The number of carbonyl (C=O) groups is 2. The molecule has 0 heterocycles. The highest BCUT2D eigenvalue weighted by Gasteiger charge is 2.10. The average molecular weight is 602 g/mol. The molecule has 0 aromatic heterocycles. The molecule has 0 aliphatic rings. The number of nitrogens with two attached hydrogens (primary N) is 1. The molecule has 0 saturated heterocycles. The maximum atomic E-state index is 11.9. The van der Waals surface area contributed by atoms with Gasteiger partial charge >= 0.3 is 0 Å². The lowest BCUT2D eigenvalue weighted by molar-refractivity contribution is 0.0939. The molecule has 3 N–H and O–H groups in total. The van der Waals surface area contributed by atoms with Gasteiger partial charge in [-0.05, 0) is 49.4 Å². The van der Waals surface area contributed by atoms with Gasteiger partial charge in [-0.15, -0.1) is 17.5 Å². The first-order valence-corrected chi connectivity index (χ1v) is 14.5. The maximum absolute atomic E-state index is 11.9. The Labute approximate surface area is 261 Å². The number of nitrogens with zero attached hydrogens (tertiary/aromatic N) is 1. The smallest absolute Gasteiger partial charge is 0.251 e. The molecule has 0 aliphatic carbocycles. The molecule has 7 nitrogen and oxygen atoms in total. The van der Waals surface area contributed by atoms with Crippen molar-refractivity contribution in [3.63, 3.8) is 0 Å². The molecule has 2 atom stereocenters. The van der Waals surface area contributed by atoms with E-state index in [1.165, 1.54) is 5.56 Å². The highest BCUT2D eigenvalue weighted by Crippen LogP contribution is 2.12. The Kier molecular flexibility index (Phi) is 19.1. The predicted molar refractivity (Wildman–Crippen MR) is 179 cm³/mol. The van der Waals surface area contributed by atoms with Gasteiger partial charge in [-0.25, -0.2) is 0 Å². The van der Waals surface area contributed by atoms with E-state index in [9.17, 15) is 14.5 Å². The van der Waals surface area contributed by atoms with E-state index in [0.29, 0.717) is 23.7 Å². The van der Waals surface area contributed by atoms with Crippen LogP contribution in [0.3, 0.4) is 0 Å². The number of thiol groups is 1. The number of nitrogens with one attached hydrogen (secondary N) is 1. The molecule has 0 bridgehead atoms. The van der Waals surface area contributed by atoms with E-state index in [2.05, 4.69) is 42.0 Å². The summed E-state index contributed by atoms with van der Waals surface area (Å²) in [6.07, 6.45) is 0.895. The molecule has 0 fully saturated rings. The fraction of sp³-hybridized carbons (Fsp3) is 0.257. The van der Waals surface area contributed by atoms with Gasteiger partial charge in [0.1, 0.15) is 6.61 Å². The van der Waals surface area contributed by atoms with Crippen molar-refractivity contribution in [3.05, 3.63) is 148 Å². The Bertz CT molecular complexity index is 1290. The van der Waals surface area contributed by atoms with Crippen molar-refractivity contribution < 1.29 is 14.4 Å². The van der Waals surface area contributed by atoms with Gasteiger partial charge in [-0.2, -0.15) is 0 Å². The topological polar surface area (TPSA) is 111 Å². The van der Waals surface area contributed by atoms with Crippen LogP contribution >= 0.6 is 12.6 Å². The lowest BCUT2D eigenvalue weighted by Gasteiger charge is -2.14. The first-order chi connectivity index (χ1) is 20.6. The van der Waals surface area contributed by atoms with Gasteiger partial charge in [0.2, 0.25) is 5.12 Å². The molecule has 4 rings (SSSR count). The minimum Gasteiger partial charge on any atom is -0.364 e. The van der Waals surface area contributed by atoms with Crippen LogP contribution in [-0.4, -0.2) is 17.6 Å². The van der Waals surface area contributed by atoms with Crippen molar-refractivity contribution in [3.8, 4) is 0 Å². The Morgan fingerprint density at radius 3 is 1.49 bits per heavy atom. The van der Waals surface area contributed by atoms with Crippen LogP contribution in [-0.2, 0) is 4.84 Å². The molecule has 0 radical (unpaired) electrons. The monoisotopic (exact) mass is 601 g/mol. The Morgan fingerprint density at radius 1 is 0.721 bits per heavy atom. The van der Waals surface area contributed by atoms with Crippen molar-refractivity contribution in [1.82, 2.24) is 5.32 Å². The molecular formula is C35H43N3O4S. The molecule has 1 amide bonds. The third kappa shape index (κ3) is 17.3. The fourth-order valence-electron chi connectivity index (χ4n) is 3.36. The van der Waals surface area contributed by atoms with Crippen LogP contribution in [0, 0.1) is 10.8 Å². The number of hydrogen-bond acceptors (Lipinski definition) is 6. The standard InChI is InChI=1S/C15H15NO.C8H11N.C7H6OS.C5H11NO2/c1-12(13-8-4-2-5-9-13)16-15(17)14-10-6-3-7-11-14;1-7(9)8-5-3-2-4-6-8;8-7(9)6-4-2-1-3-5-6;1-5(2)3-4-8-6-7/h2-12H,1H3,(H,16,17);2-7H,9H2,1H3;1-5H,(H,8,9);5H,3-4H2,1-2H3. The second kappa shape index (κ2) is 22.3. The number of carbonyl (C=O) groups excluding carboxylic acids is 2. The van der Waals surface area contributed by atoms with Crippen LogP contribution in [0.5, 0.6) is 0 Å². The van der Waals surface area contributed by atoms with Crippen LogP contribution < -0.4 is 11.1 Å². The number of benzene rings is 4. The summed E-state index contributed by atoms with van der Waals surface area (Å²) in [5.41, 5.74) is 9.24. The van der Waals surface area contributed by atoms with E-state index in [0.717, 1.165) is 12.0 Å². The van der Waals surface area contributed by atoms with Crippen molar-refractivity contribution in [2.75, 3.05) is 6.61 Å². The van der Waals surface area contributed by atoms with Crippen molar-refractivity contribution in [1.29, 1.82) is 0 Å². The summed E-state index contributed by atoms with van der Waals surface area (Å²) < 4.78 is 0. The van der Waals surface area contributed by atoms with Gasteiger partial charge in [0.05, 0.1) is 6.04 Å². The van der Waals surface area contributed by atoms with Gasteiger partial charge in [-0.3, -0.25) is 9.59 Å². The summed E-state index contributed by atoms with van der Waals surface area (Å²) in [6.45, 7) is 8.54. The third-order valence-electron chi connectivity index (χ3n) is 5.87. The summed E-state index contributed by atoms with van der Waals surface area (Å²) in [7, 11) is 0. The zero-order valence-electron chi connectivity index (χ0n) is 25.3. The highest BCUT2D eigenvalue weighted by molar-refractivity contribution is 7.97. The van der Waals surface area contributed by atoms with Gasteiger partial charge in [0.25, 0.3) is 5.91 Å². The minimum atomic E-state index is -0.185.